The smallest absolute Gasteiger partial charge is 0.194 e. The summed E-state index contributed by atoms with van der Waals surface area (Å²) in [6.45, 7) is 5.56. The Kier molecular flexibility index (Phi) is 8.87. The zero-order valence-corrected chi connectivity index (χ0v) is 18.0. The van der Waals surface area contributed by atoms with Crippen molar-refractivity contribution in [1.29, 1.82) is 0 Å². The van der Waals surface area contributed by atoms with Gasteiger partial charge in [0.25, 0.3) is 0 Å². The van der Waals surface area contributed by atoms with E-state index in [4.69, 9.17) is 9.73 Å². The first-order chi connectivity index (χ1) is 12.7. The van der Waals surface area contributed by atoms with Crippen molar-refractivity contribution in [2.75, 3.05) is 19.6 Å². The Balaban J connectivity index is 0.00000261. The van der Waals surface area contributed by atoms with Gasteiger partial charge < -0.3 is 20.1 Å². The maximum atomic E-state index is 9.73. The third-order valence-electron chi connectivity index (χ3n) is 4.38. The minimum atomic E-state index is -0.247. The van der Waals surface area contributed by atoms with Crippen molar-refractivity contribution in [2.45, 2.75) is 32.6 Å². The highest BCUT2D eigenvalue weighted by Crippen LogP contribution is 2.13. The molecule has 2 aromatic rings. The van der Waals surface area contributed by atoms with Crippen LogP contribution in [0.3, 0.4) is 0 Å². The lowest BCUT2D eigenvalue weighted by molar-refractivity contribution is 0.188. The molecular formula is C21H28IN3O2. The van der Waals surface area contributed by atoms with Crippen molar-refractivity contribution in [3.63, 3.8) is 0 Å². The Bertz CT molecular complexity index is 707. The highest BCUT2D eigenvalue weighted by atomic mass is 127. The number of ether oxygens (including phenoxy) is 1. The van der Waals surface area contributed by atoms with E-state index >= 15 is 0 Å². The quantitative estimate of drug-likeness (QED) is 0.377. The van der Waals surface area contributed by atoms with E-state index in [-0.39, 0.29) is 30.1 Å². The van der Waals surface area contributed by atoms with E-state index < -0.39 is 0 Å². The SMILES string of the molecule is CCNC(=NCc1ccc(COc2ccccc2)cc1)N1CC[C@@H](O)C1.I. The zero-order chi connectivity index (χ0) is 18.2. The molecule has 1 heterocycles. The molecule has 0 spiro atoms. The fourth-order valence-electron chi connectivity index (χ4n) is 2.95. The molecule has 1 saturated heterocycles. The van der Waals surface area contributed by atoms with Crippen LogP contribution in [0, 0.1) is 0 Å². The molecule has 0 amide bonds. The van der Waals surface area contributed by atoms with Gasteiger partial charge in [0.1, 0.15) is 12.4 Å². The number of hydrogen-bond acceptors (Lipinski definition) is 3. The van der Waals surface area contributed by atoms with Crippen molar-refractivity contribution in [1.82, 2.24) is 10.2 Å². The topological polar surface area (TPSA) is 57.1 Å². The molecule has 0 saturated carbocycles. The molecule has 3 rings (SSSR count). The fourth-order valence-corrected chi connectivity index (χ4v) is 2.95. The van der Waals surface area contributed by atoms with Gasteiger partial charge >= 0.3 is 0 Å². The molecule has 0 aromatic heterocycles. The third kappa shape index (κ3) is 6.70. The van der Waals surface area contributed by atoms with Crippen molar-refractivity contribution in [3.05, 3.63) is 65.7 Å². The largest absolute Gasteiger partial charge is 0.489 e. The number of para-hydroxylation sites is 1. The number of guanidine groups is 1. The molecule has 2 N–H and O–H groups in total. The molecule has 1 aliphatic rings. The molecule has 6 heteroatoms. The number of hydrogen-bond donors (Lipinski definition) is 2. The number of nitrogens with one attached hydrogen (secondary N) is 1. The van der Waals surface area contributed by atoms with Crippen LogP contribution in [0.2, 0.25) is 0 Å². The van der Waals surface area contributed by atoms with Gasteiger partial charge in [0, 0.05) is 19.6 Å². The molecule has 146 valence electrons. The standard InChI is InChI=1S/C21H27N3O2.HI/c1-2-22-21(24-13-12-19(25)15-24)23-14-17-8-10-18(11-9-17)16-26-20-6-4-3-5-7-20;/h3-11,19,25H,2,12-16H2,1H3,(H,22,23);1H/t19-;/m1./s1. The van der Waals surface area contributed by atoms with Gasteiger partial charge in [-0.3, -0.25) is 0 Å². The highest BCUT2D eigenvalue weighted by Gasteiger charge is 2.22. The number of aliphatic hydroxyl groups is 1. The lowest BCUT2D eigenvalue weighted by atomic mass is 10.1. The second kappa shape index (κ2) is 11.1. The van der Waals surface area contributed by atoms with Crippen LogP contribution in [0.15, 0.2) is 59.6 Å². The Morgan fingerprint density at radius 3 is 2.48 bits per heavy atom. The fraction of sp³-hybridized carbons (Fsp3) is 0.381. The van der Waals surface area contributed by atoms with Crippen molar-refractivity contribution < 1.29 is 9.84 Å². The van der Waals surface area contributed by atoms with Gasteiger partial charge in [0.2, 0.25) is 0 Å². The summed E-state index contributed by atoms with van der Waals surface area (Å²) in [5.41, 5.74) is 2.29. The van der Waals surface area contributed by atoms with E-state index in [9.17, 15) is 5.11 Å². The number of benzene rings is 2. The van der Waals surface area contributed by atoms with E-state index in [0.717, 1.165) is 42.3 Å². The first-order valence-corrected chi connectivity index (χ1v) is 9.21. The predicted molar refractivity (Wildman–Crippen MR) is 120 cm³/mol. The van der Waals surface area contributed by atoms with Gasteiger partial charge in [-0.15, -0.1) is 24.0 Å². The Hall–Kier alpha value is -1.80. The number of aliphatic imine (C=N–C) groups is 1. The molecule has 1 atom stereocenters. The van der Waals surface area contributed by atoms with Gasteiger partial charge in [-0.25, -0.2) is 4.99 Å². The molecule has 2 aromatic carbocycles. The van der Waals surface area contributed by atoms with Crippen molar-refractivity contribution in [3.8, 4) is 5.75 Å². The van der Waals surface area contributed by atoms with Gasteiger partial charge in [-0.05, 0) is 36.6 Å². The van der Waals surface area contributed by atoms with E-state index in [0.29, 0.717) is 19.7 Å². The van der Waals surface area contributed by atoms with Crippen LogP contribution in [0.4, 0.5) is 0 Å². The summed E-state index contributed by atoms with van der Waals surface area (Å²) in [5, 5.41) is 13.0. The molecule has 0 bridgehead atoms. The lowest BCUT2D eigenvalue weighted by Crippen LogP contribution is -2.40. The molecular weight excluding hydrogens is 453 g/mol. The molecule has 0 unspecified atom stereocenters. The maximum Gasteiger partial charge on any atom is 0.194 e. The van der Waals surface area contributed by atoms with Crippen LogP contribution in [0.25, 0.3) is 0 Å². The van der Waals surface area contributed by atoms with Crippen LogP contribution in [0.5, 0.6) is 5.75 Å². The summed E-state index contributed by atoms with van der Waals surface area (Å²) in [6, 6.07) is 18.2. The molecule has 1 fully saturated rings. The van der Waals surface area contributed by atoms with Crippen LogP contribution in [0.1, 0.15) is 24.5 Å². The van der Waals surface area contributed by atoms with E-state index in [2.05, 4.69) is 41.4 Å². The third-order valence-corrected chi connectivity index (χ3v) is 4.38. The van der Waals surface area contributed by atoms with E-state index in [1.807, 2.05) is 30.3 Å². The van der Waals surface area contributed by atoms with Crippen LogP contribution in [-0.4, -0.2) is 41.7 Å². The highest BCUT2D eigenvalue weighted by molar-refractivity contribution is 14.0. The second-order valence-corrected chi connectivity index (χ2v) is 6.48. The minimum absolute atomic E-state index is 0. The summed E-state index contributed by atoms with van der Waals surface area (Å²) in [7, 11) is 0. The second-order valence-electron chi connectivity index (χ2n) is 6.48. The molecule has 1 aliphatic heterocycles. The normalized spacial score (nSPS) is 16.7. The Morgan fingerprint density at radius 1 is 1.15 bits per heavy atom. The summed E-state index contributed by atoms with van der Waals surface area (Å²) < 4.78 is 5.77. The summed E-state index contributed by atoms with van der Waals surface area (Å²) in [5.74, 6) is 1.75. The van der Waals surface area contributed by atoms with Crippen molar-refractivity contribution in [2.24, 2.45) is 4.99 Å². The Labute approximate surface area is 178 Å². The monoisotopic (exact) mass is 481 g/mol. The van der Waals surface area contributed by atoms with Gasteiger partial charge in [0.15, 0.2) is 5.96 Å². The molecule has 5 nitrogen and oxygen atoms in total. The maximum absolute atomic E-state index is 9.73. The number of aliphatic hydroxyl groups excluding tert-OH is 1. The number of rotatable bonds is 6. The zero-order valence-electron chi connectivity index (χ0n) is 15.7. The van der Waals surface area contributed by atoms with E-state index in [1.165, 1.54) is 0 Å². The average molecular weight is 481 g/mol. The number of nitrogens with zero attached hydrogens (tertiary/aromatic N) is 2. The lowest BCUT2D eigenvalue weighted by Gasteiger charge is -2.20. The van der Waals surface area contributed by atoms with Crippen LogP contribution in [-0.2, 0) is 13.2 Å². The number of halogens is 1. The van der Waals surface area contributed by atoms with Gasteiger partial charge in [-0.2, -0.15) is 0 Å². The van der Waals surface area contributed by atoms with Crippen LogP contribution < -0.4 is 10.1 Å². The van der Waals surface area contributed by atoms with Crippen molar-refractivity contribution >= 4 is 29.9 Å². The van der Waals surface area contributed by atoms with Gasteiger partial charge in [0.05, 0.1) is 12.6 Å². The first kappa shape index (κ1) is 21.5. The summed E-state index contributed by atoms with van der Waals surface area (Å²) >= 11 is 0. The minimum Gasteiger partial charge on any atom is -0.489 e. The van der Waals surface area contributed by atoms with Gasteiger partial charge in [-0.1, -0.05) is 42.5 Å². The molecule has 0 aliphatic carbocycles. The Morgan fingerprint density at radius 2 is 1.85 bits per heavy atom. The summed E-state index contributed by atoms with van der Waals surface area (Å²) in [6.07, 6.45) is 0.559. The predicted octanol–water partition coefficient (Wildman–Crippen LogP) is 3.42. The average Bonchev–Trinajstić information content (AvgIpc) is 3.11. The first-order valence-electron chi connectivity index (χ1n) is 9.21. The number of β-amino-alcohol motifs (C(OH)–C–C–N with tert-alkyl or cyclic N) is 1. The molecule has 0 radical (unpaired) electrons. The molecule has 27 heavy (non-hydrogen) atoms. The van der Waals surface area contributed by atoms with E-state index in [1.54, 1.807) is 0 Å². The number of likely N-dealkylation sites (tertiary alicyclic amines) is 1. The van der Waals surface area contributed by atoms with Crippen LogP contribution >= 0.6 is 24.0 Å². The summed E-state index contributed by atoms with van der Waals surface area (Å²) in [4.78, 5) is 6.83.